The number of carbonyl (C=O) groups excluding carboxylic acids is 1. The average molecular weight is 524 g/mol. The molecule has 35 heavy (non-hydrogen) atoms. The molecule has 0 spiro atoms. The summed E-state index contributed by atoms with van der Waals surface area (Å²) in [6, 6.07) is 14.9. The van der Waals surface area contributed by atoms with E-state index in [9.17, 15) is 9.59 Å². The Morgan fingerprint density at radius 3 is 2.83 bits per heavy atom. The van der Waals surface area contributed by atoms with E-state index in [1.54, 1.807) is 28.0 Å². The van der Waals surface area contributed by atoms with E-state index in [1.807, 2.05) is 43.3 Å². The largest absolute Gasteiger partial charge is 0.325 e. The second kappa shape index (κ2) is 10.2. The molecule has 2 aromatic carbocycles. The van der Waals surface area contributed by atoms with Crippen molar-refractivity contribution in [3.8, 4) is 5.69 Å². The van der Waals surface area contributed by atoms with Crippen LogP contribution < -0.4 is 10.9 Å². The lowest BCUT2D eigenvalue weighted by atomic mass is 9.86. The highest BCUT2D eigenvalue weighted by Crippen LogP contribution is 2.38. The van der Waals surface area contributed by atoms with Crippen LogP contribution in [0, 0.1) is 12.8 Å². The molecule has 1 aliphatic rings. The van der Waals surface area contributed by atoms with Crippen LogP contribution in [0.15, 0.2) is 58.5 Å². The number of carbonyl (C=O) groups is 1. The van der Waals surface area contributed by atoms with Gasteiger partial charge in [-0.15, -0.1) is 11.3 Å². The molecule has 5 nitrogen and oxygen atoms in total. The number of hydrogen-bond donors (Lipinski definition) is 1. The molecule has 0 unspecified atom stereocenters. The van der Waals surface area contributed by atoms with Crippen LogP contribution in [0.5, 0.6) is 0 Å². The normalized spacial score (nSPS) is 15.2. The highest BCUT2D eigenvalue weighted by atomic mass is 35.5. The van der Waals surface area contributed by atoms with Crippen molar-refractivity contribution in [3.63, 3.8) is 0 Å². The summed E-state index contributed by atoms with van der Waals surface area (Å²) in [6.07, 6.45) is 4.20. The van der Waals surface area contributed by atoms with Gasteiger partial charge in [0.05, 0.1) is 16.8 Å². The van der Waals surface area contributed by atoms with Gasteiger partial charge in [-0.1, -0.05) is 61.0 Å². The van der Waals surface area contributed by atoms with Crippen LogP contribution in [0.1, 0.15) is 35.8 Å². The number of anilines is 1. The van der Waals surface area contributed by atoms with Gasteiger partial charge in [-0.2, -0.15) is 0 Å². The Balaban J connectivity index is 1.51. The number of aryl methyl sites for hydroxylation is 2. The van der Waals surface area contributed by atoms with Crippen molar-refractivity contribution < 1.29 is 4.79 Å². The monoisotopic (exact) mass is 523 g/mol. The molecule has 0 aliphatic heterocycles. The molecule has 1 aliphatic carbocycles. The molecule has 0 radical (unpaired) electrons. The first-order chi connectivity index (χ1) is 16.9. The highest BCUT2D eigenvalue weighted by Gasteiger charge is 2.26. The summed E-state index contributed by atoms with van der Waals surface area (Å²) in [4.78, 5) is 33.6. The first kappa shape index (κ1) is 24.1. The van der Waals surface area contributed by atoms with Crippen LogP contribution in [-0.4, -0.2) is 21.2 Å². The third-order valence-corrected chi connectivity index (χ3v) is 8.87. The number of rotatable bonds is 6. The summed E-state index contributed by atoms with van der Waals surface area (Å²) in [5.41, 5.74) is 3.49. The number of thioether (sulfide) groups is 1. The van der Waals surface area contributed by atoms with Gasteiger partial charge in [0.25, 0.3) is 5.56 Å². The number of para-hydroxylation sites is 1. The van der Waals surface area contributed by atoms with Gasteiger partial charge in [-0.25, -0.2) is 4.98 Å². The Bertz CT molecular complexity index is 1460. The number of thiophene rings is 1. The molecule has 2 aromatic heterocycles. The maximum absolute atomic E-state index is 13.9. The van der Waals surface area contributed by atoms with E-state index in [4.69, 9.17) is 16.6 Å². The number of fused-ring (bicyclic) bond motifs is 3. The molecule has 1 N–H and O–H groups in total. The van der Waals surface area contributed by atoms with Crippen molar-refractivity contribution in [1.82, 2.24) is 9.55 Å². The molecule has 4 aromatic rings. The number of aromatic nitrogens is 2. The Hall–Kier alpha value is -2.61. The summed E-state index contributed by atoms with van der Waals surface area (Å²) >= 11 is 9.00. The predicted molar refractivity (Wildman–Crippen MR) is 147 cm³/mol. The minimum Gasteiger partial charge on any atom is -0.325 e. The van der Waals surface area contributed by atoms with Crippen LogP contribution in [-0.2, 0) is 17.6 Å². The fourth-order valence-electron chi connectivity index (χ4n) is 4.57. The van der Waals surface area contributed by atoms with Crippen molar-refractivity contribution >= 4 is 56.5 Å². The fraction of sp³-hybridized carbons (Fsp3) is 0.296. The third-order valence-electron chi connectivity index (χ3n) is 6.55. The molecule has 0 bridgehead atoms. The maximum Gasteiger partial charge on any atom is 0.267 e. The van der Waals surface area contributed by atoms with Gasteiger partial charge in [0.1, 0.15) is 4.83 Å². The lowest BCUT2D eigenvalue weighted by Crippen LogP contribution is -2.23. The van der Waals surface area contributed by atoms with Crippen molar-refractivity contribution in [2.24, 2.45) is 5.92 Å². The molecule has 0 saturated heterocycles. The number of nitrogens with one attached hydrogen (secondary N) is 1. The SMILES string of the molecule is CC[C@@H]1CCc2c(sc3nc(SCC(=O)Nc4cc(Cl)ccc4C)n(-c4ccccc4)c(=O)c23)C1. The first-order valence-electron chi connectivity index (χ1n) is 11.8. The zero-order chi connectivity index (χ0) is 24.5. The van der Waals surface area contributed by atoms with Crippen LogP contribution in [0.25, 0.3) is 15.9 Å². The number of benzene rings is 2. The average Bonchev–Trinajstić information content (AvgIpc) is 3.23. The van der Waals surface area contributed by atoms with E-state index in [2.05, 4.69) is 12.2 Å². The van der Waals surface area contributed by atoms with Crippen LogP contribution in [0.3, 0.4) is 0 Å². The number of halogens is 1. The molecule has 1 amide bonds. The zero-order valence-electron chi connectivity index (χ0n) is 19.6. The van der Waals surface area contributed by atoms with Crippen molar-refractivity contribution in [2.75, 3.05) is 11.1 Å². The third kappa shape index (κ3) is 4.90. The van der Waals surface area contributed by atoms with E-state index >= 15 is 0 Å². The van der Waals surface area contributed by atoms with E-state index in [0.29, 0.717) is 21.8 Å². The van der Waals surface area contributed by atoms with Gasteiger partial charge in [0.2, 0.25) is 5.91 Å². The first-order valence-corrected chi connectivity index (χ1v) is 13.9. The Kier molecular flexibility index (Phi) is 7.00. The van der Waals surface area contributed by atoms with E-state index in [1.165, 1.54) is 22.2 Å². The molecule has 5 rings (SSSR count). The number of hydrogen-bond acceptors (Lipinski definition) is 5. The van der Waals surface area contributed by atoms with Crippen molar-refractivity contribution in [2.45, 2.75) is 44.7 Å². The number of nitrogens with zero attached hydrogens (tertiary/aromatic N) is 2. The van der Waals surface area contributed by atoms with Crippen LogP contribution in [0.2, 0.25) is 5.02 Å². The Morgan fingerprint density at radius 2 is 2.06 bits per heavy atom. The topological polar surface area (TPSA) is 64.0 Å². The van der Waals surface area contributed by atoms with Crippen molar-refractivity contribution in [3.05, 3.63) is 79.9 Å². The maximum atomic E-state index is 13.9. The van der Waals surface area contributed by atoms with Gasteiger partial charge >= 0.3 is 0 Å². The van der Waals surface area contributed by atoms with Gasteiger partial charge < -0.3 is 5.32 Å². The zero-order valence-corrected chi connectivity index (χ0v) is 22.0. The molecular formula is C27H26ClN3O2S2. The minimum atomic E-state index is -0.175. The van der Waals surface area contributed by atoms with Crippen LogP contribution in [0.4, 0.5) is 5.69 Å². The molecule has 2 heterocycles. The second-order valence-electron chi connectivity index (χ2n) is 8.87. The Labute approximate surface area is 217 Å². The quantitative estimate of drug-likeness (QED) is 0.227. The summed E-state index contributed by atoms with van der Waals surface area (Å²) in [5, 5.41) is 4.76. The molecule has 0 saturated carbocycles. The van der Waals surface area contributed by atoms with Gasteiger partial charge in [0, 0.05) is 15.6 Å². The van der Waals surface area contributed by atoms with E-state index in [0.717, 1.165) is 47.2 Å². The lowest BCUT2D eigenvalue weighted by molar-refractivity contribution is -0.113. The molecule has 0 fully saturated rings. The van der Waals surface area contributed by atoms with Crippen molar-refractivity contribution in [1.29, 1.82) is 0 Å². The molecule has 8 heteroatoms. The number of amides is 1. The van der Waals surface area contributed by atoms with Gasteiger partial charge in [0.15, 0.2) is 5.16 Å². The highest BCUT2D eigenvalue weighted by molar-refractivity contribution is 7.99. The smallest absolute Gasteiger partial charge is 0.267 e. The minimum absolute atomic E-state index is 0.0535. The van der Waals surface area contributed by atoms with Crippen LogP contribution >= 0.6 is 34.7 Å². The molecular weight excluding hydrogens is 498 g/mol. The summed E-state index contributed by atoms with van der Waals surface area (Å²) in [5.74, 6) is 0.615. The molecule has 1 atom stereocenters. The van der Waals surface area contributed by atoms with E-state index in [-0.39, 0.29) is 17.2 Å². The summed E-state index contributed by atoms with van der Waals surface area (Å²) in [7, 11) is 0. The standard InChI is InChI=1S/C27H26ClN3O2S2/c1-3-17-10-12-20-22(13-17)35-25-24(20)26(33)31(19-7-5-4-6-8-19)27(30-25)34-15-23(32)29-21-14-18(28)11-9-16(21)2/h4-9,11,14,17H,3,10,12-13,15H2,1-2H3,(H,29,32)/t17-/m1/s1. The fourth-order valence-corrected chi connectivity index (χ4v) is 6.93. The van der Waals surface area contributed by atoms with Gasteiger partial charge in [-0.05, 0) is 67.5 Å². The summed E-state index contributed by atoms with van der Waals surface area (Å²) in [6.45, 7) is 4.15. The Morgan fingerprint density at radius 1 is 1.26 bits per heavy atom. The van der Waals surface area contributed by atoms with Gasteiger partial charge in [-0.3, -0.25) is 14.2 Å². The second-order valence-corrected chi connectivity index (χ2v) is 11.3. The lowest BCUT2D eigenvalue weighted by Gasteiger charge is -2.20. The van der Waals surface area contributed by atoms with E-state index < -0.39 is 0 Å². The summed E-state index contributed by atoms with van der Waals surface area (Å²) < 4.78 is 1.66. The molecule has 180 valence electrons. The predicted octanol–water partition coefficient (Wildman–Crippen LogP) is 6.65.